The van der Waals surface area contributed by atoms with E-state index in [0.29, 0.717) is 35.0 Å². The van der Waals surface area contributed by atoms with Crippen molar-refractivity contribution in [1.82, 2.24) is 10.2 Å². The van der Waals surface area contributed by atoms with Crippen LogP contribution in [0.5, 0.6) is 0 Å². The lowest BCUT2D eigenvalue weighted by Gasteiger charge is -2.29. The van der Waals surface area contributed by atoms with Crippen molar-refractivity contribution in [3.63, 3.8) is 0 Å². The molecule has 2 aromatic rings. The van der Waals surface area contributed by atoms with Crippen molar-refractivity contribution < 1.29 is 9.59 Å². The Kier molecular flexibility index (Phi) is 8.96. The molecule has 1 N–H and O–H groups in total. The van der Waals surface area contributed by atoms with Gasteiger partial charge in [-0.05, 0) is 48.9 Å². The molecule has 2 aromatic carbocycles. The molecule has 0 bridgehead atoms. The quantitative estimate of drug-likeness (QED) is 0.540. The fourth-order valence-corrected chi connectivity index (χ4v) is 3.84. The van der Waals surface area contributed by atoms with Gasteiger partial charge in [-0.15, -0.1) is 0 Å². The van der Waals surface area contributed by atoms with E-state index in [-0.39, 0.29) is 23.8 Å². The van der Waals surface area contributed by atoms with Gasteiger partial charge in [-0.3, -0.25) is 9.59 Å². The van der Waals surface area contributed by atoms with Crippen LogP contribution in [0.25, 0.3) is 0 Å². The second kappa shape index (κ2) is 11.0. The fourth-order valence-electron chi connectivity index (χ4n) is 3.32. The van der Waals surface area contributed by atoms with E-state index in [9.17, 15) is 9.59 Å². The van der Waals surface area contributed by atoms with Gasteiger partial charge in [-0.1, -0.05) is 74.3 Å². The third-order valence-corrected chi connectivity index (χ3v) is 6.06. The predicted octanol–water partition coefficient (Wildman–Crippen LogP) is 5.78. The Hall–Kier alpha value is -2.04. The Morgan fingerprint density at radius 3 is 2.13 bits per heavy atom. The Balaban J connectivity index is 2.18. The van der Waals surface area contributed by atoms with Gasteiger partial charge in [-0.2, -0.15) is 0 Å². The number of carbonyl (C=O) groups is 2. The highest BCUT2D eigenvalue weighted by Crippen LogP contribution is 2.27. The number of likely N-dealkylation sites (N-methyl/N-ethyl adjacent to an activating group) is 1. The molecule has 0 aromatic heterocycles. The molecule has 0 saturated heterocycles. The fraction of sp³-hybridized carbons (Fsp3) is 0.440. The van der Waals surface area contributed by atoms with Crippen molar-refractivity contribution in [2.45, 2.75) is 65.5 Å². The summed E-state index contributed by atoms with van der Waals surface area (Å²) in [5, 5.41) is 3.75. The number of rotatable bonds is 8. The largest absolute Gasteiger partial charge is 0.355 e. The SMILES string of the molecule is CCNC(=O)C(C)N(Cc1c(Cl)cccc1Cl)C(=O)CCc1ccc(C(C)(C)C)cc1. The van der Waals surface area contributed by atoms with E-state index >= 15 is 0 Å². The van der Waals surface area contributed by atoms with Gasteiger partial charge < -0.3 is 10.2 Å². The zero-order valence-electron chi connectivity index (χ0n) is 19.0. The number of halogens is 2. The summed E-state index contributed by atoms with van der Waals surface area (Å²) in [6, 6.07) is 12.9. The first-order chi connectivity index (χ1) is 14.5. The monoisotopic (exact) mass is 462 g/mol. The minimum absolute atomic E-state index is 0.0848. The highest BCUT2D eigenvalue weighted by atomic mass is 35.5. The number of hydrogen-bond acceptors (Lipinski definition) is 2. The lowest BCUT2D eigenvalue weighted by atomic mass is 9.86. The summed E-state index contributed by atoms with van der Waals surface area (Å²) >= 11 is 12.7. The molecule has 0 aliphatic carbocycles. The molecule has 0 aliphatic heterocycles. The Morgan fingerprint density at radius 2 is 1.61 bits per heavy atom. The predicted molar refractivity (Wildman–Crippen MR) is 129 cm³/mol. The topological polar surface area (TPSA) is 49.4 Å². The second-order valence-corrected chi connectivity index (χ2v) is 9.55. The van der Waals surface area contributed by atoms with Gasteiger partial charge in [0.1, 0.15) is 6.04 Å². The number of hydrogen-bond donors (Lipinski definition) is 1. The van der Waals surface area contributed by atoms with Gasteiger partial charge in [0.05, 0.1) is 0 Å². The van der Waals surface area contributed by atoms with Gasteiger partial charge in [-0.25, -0.2) is 0 Å². The van der Waals surface area contributed by atoms with Crippen LogP contribution in [-0.4, -0.2) is 29.3 Å². The molecule has 0 saturated carbocycles. The lowest BCUT2D eigenvalue weighted by molar-refractivity contribution is -0.140. The molecule has 0 radical (unpaired) electrons. The number of aryl methyl sites for hydroxylation is 1. The average molecular weight is 463 g/mol. The van der Waals surface area contributed by atoms with Crippen molar-refractivity contribution in [1.29, 1.82) is 0 Å². The molecule has 4 nitrogen and oxygen atoms in total. The van der Waals surface area contributed by atoms with Crippen molar-refractivity contribution >= 4 is 35.0 Å². The van der Waals surface area contributed by atoms with Crippen LogP contribution in [0, 0.1) is 0 Å². The molecule has 2 amide bonds. The summed E-state index contributed by atoms with van der Waals surface area (Å²) in [7, 11) is 0. The maximum absolute atomic E-state index is 13.2. The first-order valence-electron chi connectivity index (χ1n) is 10.6. The number of benzene rings is 2. The molecule has 31 heavy (non-hydrogen) atoms. The highest BCUT2D eigenvalue weighted by molar-refractivity contribution is 6.36. The first kappa shape index (κ1) is 25.2. The maximum Gasteiger partial charge on any atom is 0.242 e. The molecule has 1 atom stereocenters. The summed E-state index contributed by atoms with van der Waals surface area (Å²) in [6.07, 6.45) is 0.888. The number of nitrogens with one attached hydrogen (secondary N) is 1. The van der Waals surface area contributed by atoms with Gasteiger partial charge in [0.15, 0.2) is 0 Å². The van der Waals surface area contributed by atoms with Gasteiger partial charge in [0.2, 0.25) is 11.8 Å². The number of carbonyl (C=O) groups excluding carboxylic acids is 2. The summed E-state index contributed by atoms with van der Waals surface area (Å²) in [5.41, 5.74) is 3.07. The zero-order chi connectivity index (χ0) is 23.2. The molecular formula is C25H32Cl2N2O2. The van der Waals surface area contributed by atoms with Gasteiger partial charge in [0, 0.05) is 35.1 Å². The average Bonchev–Trinajstić information content (AvgIpc) is 2.71. The molecule has 0 spiro atoms. The smallest absolute Gasteiger partial charge is 0.242 e. The molecule has 168 valence electrons. The molecule has 6 heteroatoms. The van der Waals surface area contributed by atoms with Gasteiger partial charge in [0.25, 0.3) is 0 Å². The van der Waals surface area contributed by atoms with Crippen LogP contribution in [0.1, 0.15) is 57.7 Å². The first-order valence-corrected chi connectivity index (χ1v) is 11.4. The van der Waals surface area contributed by atoms with E-state index in [0.717, 1.165) is 5.56 Å². The van der Waals surface area contributed by atoms with Crippen LogP contribution in [0.4, 0.5) is 0 Å². The van der Waals surface area contributed by atoms with E-state index < -0.39 is 6.04 Å². The Bertz CT molecular complexity index is 884. The standard InChI is InChI=1S/C25H32Cl2N2O2/c1-6-28-24(31)17(2)29(16-20-21(26)8-7-9-22(20)27)23(30)15-12-18-10-13-19(14-11-18)25(3,4)5/h7-11,13-14,17H,6,12,15-16H2,1-5H3,(H,28,31). The van der Waals surface area contributed by atoms with Crippen molar-refractivity contribution in [2.24, 2.45) is 0 Å². The van der Waals surface area contributed by atoms with E-state index in [1.807, 2.05) is 6.92 Å². The summed E-state index contributed by atoms with van der Waals surface area (Å²) in [6.45, 7) is 10.8. The maximum atomic E-state index is 13.2. The summed E-state index contributed by atoms with van der Waals surface area (Å²) in [5.74, 6) is -0.316. The molecular weight excluding hydrogens is 431 g/mol. The molecule has 0 fully saturated rings. The van der Waals surface area contributed by atoms with Crippen molar-refractivity contribution in [3.05, 3.63) is 69.2 Å². The van der Waals surface area contributed by atoms with E-state index in [1.54, 1.807) is 30.0 Å². The highest BCUT2D eigenvalue weighted by Gasteiger charge is 2.27. The third-order valence-electron chi connectivity index (χ3n) is 5.36. The van der Waals surface area contributed by atoms with E-state index in [1.165, 1.54) is 5.56 Å². The van der Waals surface area contributed by atoms with Crippen molar-refractivity contribution in [2.75, 3.05) is 6.54 Å². The van der Waals surface area contributed by atoms with Crippen LogP contribution >= 0.6 is 23.2 Å². The molecule has 1 unspecified atom stereocenters. The van der Waals surface area contributed by atoms with E-state index in [4.69, 9.17) is 23.2 Å². The van der Waals surface area contributed by atoms with Crippen molar-refractivity contribution in [3.8, 4) is 0 Å². The van der Waals surface area contributed by atoms with Crippen LogP contribution in [0.15, 0.2) is 42.5 Å². The minimum atomic E-state index is -0.636. The van der Waals surface area contributed by atoms with Crippen LogP contribution < -0.4 is 5.32 Å². The van der Waals surface area contributed by atoms with Crippen LogP contribution in [0.3, 0.4) is 0 Å². The van der Waals surface area contributed by atoms with Gasteiger partial charge >= 0.3 is 0 Å². The number of amides is 2. The molecule has 0 aliphatic rings. The van der Waals surface area contributed by atoms with Crippen LogP contribution in [-0.2, 0) is 28.0 Å². The number of nitrogens with zero attached hydrogens (tertiary/aromatic N) is 1. The summed E-state index contributed by atoms with van der Waals surface area (Å²) in [4.78, 5) is 27.2. The van der Waals surface area contributed by atoms with Crippen LogP contribution in [0.2, 0.25) is 10.0 Å². The third kappa shape index (κ3) is 6.98. The zero-order valence-corrected chi connectivity index (χ0v) is 20.5. The lowest BCUT2D eigenvalue weighted by Crippen LogP contribution is -2.47. The molecule has 2 rings (SSSR count). The Labute approximate surface area is 195 Å². The summed E-state index contributed by atoms with van der Waals surface area (Å²) < 4.78 is 0. The second-order valence-electron chi connectivity index (χ2n) is 8.74. The minimum Gasteiger partial charge on any atom is -0.355 e. The van der Waals surface area contributed by atoms with E-state index in [2.05, 4.69) is 50.4 Å². The normalized spacial score (nSPS) is 12.4. The molecule has 0 heterocycles. The Morgan fingerprint density at radius 1 is 1.03 bits per heavy atom.